The Kier molecular flexibility index (Phi) is 3.78. The van der Waals surface area contributed by atoms with Gasteiger partial charge in [-0.1, -0.05) is 0 Å². The minimum Gasteiger partial charge on any atom is -0.362 e. The molecular formula is C15H25N5. The summed E-state index contributed by atoms with van der Waals surface area (Å²) in [7, 11) is 6.27. The SMILES string of the molecule is CN(C)c1nc(N(C)CC2CC2)nc2c1CCNCC2. The van der Waals surface area contributed by atoms with Gasteiger partial charge in [-0.25, -0.2) is 4.98 Å². The van der Waals surface area contributed by atoms with Gasteiger partial charge in [0.05, 0.1) is 5.69 Å². The molecule has 0 bridgehead atoms. The molecule has 2 heterocycles. The highest BCUT2D eigenvalue weighted by atomic mass is 15.3. The van der Waals surface area contributed by atoms with Crippen LogP contribution in [0.15, 0.2) is 0 Å². The van der Waals surface area contributed by atoms with E-state index in [2.05, 4.69) is 36.3 Å². The van der Waals surface area contributed by atoms with Gasteiger partial charge in [0, 0.05) is 46.2 Å². The Morgan fingerprint density at radius 1 is 1.10 bits per heavy atom. The Balaban J connectivity index is 1.94. The second-order valence-corrected chi connectivity index (χ2v) is 6.24. The maximum absolute atomic E-state index is 4.85. The van der Waals surface area contributed by atoms with Crippen molar-refractivity contribution in [2.75, 3.05) is 50.6 Å². The Labute approximate surface area is 121 Å². The van der Waals surface area contributed by atoms with E-state index in [0.717, 1.165) is 50.2 Å². The van der Waals surface area contributed by atoms with Gasteiger partial charge in [-0.3, -0.25) is 0 Å². The molecule has 20 heavy (non-hydrogen) atoms. The van der Waals surface area contributed by atoms with Crippen LogP contribution in [0.25, 0.3) is 0 Å². The minimum atomic E-state index is 0.854. The van der Waals surface area contributed by atoms with E-state index in [4.69, 9.17) is 9.97 Å². The summed E-state index contributed by atoms with van der Waals surface area (Å²) >= 11 is 0. The molecule has 0 spiro atoms. The largest absolute Gasteiger partial charge is 0.362 e. The molecule has 1 saturated carbocycles. The quantitative estimate of drug-likeness (QED) is 0.891. The van der Waals surface area contributed by atoms with Crippen LogP contribution in [0.2, 0.25) is 0 Å². The van der Waals surface area contributed by atoms with E-state index in [0.29, 0.717) is 0 Å². The summed E-state index contributed by atoms with van der Waals surface area (Å²) in [6.45, 7) is 3.13. The fraction of sp³-hybridized carbons (Fsp3) is 0.733. The van der Waals surface area contributed by atoms with Gasteiger partial charge in [0.15, 0.2) is 0 Å². The number of fused-ring (bicyclic) bond motifs is 1. The highest BCUT2D eigenvalue weighted by Crippen LogP contribution is 2.31. The molecule has 5 nitrogen and oxygen atoms in total. The highest BCUT2D eigenvalue weighted by Gasteiger charge is 2.25. The number of hydrogen-bond donors (Lipinski definition) is 1. The van der Waals surface area contributed by atoms with Crippen LogP contribution in [-0.4, -0.2) is 50.7 Å². The monoisotopic (exact) mass is 275 g/mol. The Morgan fingerprint density at radius 2 is 1.85 bits per heavy atom. The van der Waals surface area contributed by atoms with Crippen LogP contribution in [0.5, 0.6) is 0 Å². The molecule has 1 aromatic heterocycles. The van der Waals surface area contributed by atoms with Gasteiger partial charge >= 0.3 is 0 Å². The molecule has 1 aromatic rings. The topological polar surface area (TPSA) is 44.3 Å². The summed E-state index contributed by atoms with van der Waals surface area (Å²) in [5.74, 6) is 2.84. The first-order valence-electron chi connectivity index (χ1n) is 7.64. The first-order chi connectivity index (χ1) is 9.65. The fourth-order valence-corrected chi connectivity index (χ4v) is 2.82. The summed E-state index contributed by atoms with van der Waals surface area (Å²) < 4.78 is 0. The molecule has 1 N–H and O–H groups in total. The molecule has 0 saturated heterocycles. The van der Waals surface area contributed by atoms with Crippen LogP contribution in [0.1, 0.15) is 24.1 Å². The molecule has 5 heteroatoms. The number of nitrogens with zero attached hydrogens (tertiary/aromatic N) is 4. The summed E-state index contributed by atoms with van der Waals surface area (Å²) in [6, 6.07) is 0. The lowest BCUT2D eigenvalue weighted by atomic mass is 10.1. The first-order valence-corrected chi connectivity index (χ1v) is 7.64. The second kappa shape index (κ2) is 5.56. The highest BCUT2D eigenvalue weighted by molar-refractivity contribution is 5.53. The van der Waals surface area contributed by atoms with Gasteiger partial charge in [0.2, 0.25) is 5.95 Å². The van der Waals surface area contributed by atoms with Crippen molar-refractivity contribution >= 4 is 11.8 Å². The zero-order valence-corrected chi connectivity index (χ0v) is 12.8. The average Bonchev–Trinajstić information content (AvgIpc) is 3.23. The third-order valence-corrected chi connectivity index (χ3v) is 4.14. The molecule has 3 rings (SSSR count). The van der Waals surface area contributed by atoms with E-state index in [9.17, 15) is 0 Å². The van der Waals surface area contributed by atoms with E-state index in [1.165, 1.54) is 24.1 Å². The average molecular weight is 275 g/mol. The normalized spacial score (nSPS) is 18.4. The molecule has 1 aliphatic carbocycles. The van der Waals surface area contributed by atoms with E-state index in [1.807, 2.05) is 0 Å². The van der Waals surface area contributed by atoms with E-state index in [1.54, 1.807) is 0 Å². The maximum atomic E-state index is 4.85. The first kappa shape index (κ1) is 13.6. The lowest BCUT2D eigenvalue weighted by molar-refractivity contribution is 0.707. The van der Waals surface area contributed by atoms with Gasteiger partial charge in [0.25, 0.3) is 0 Å². The van der Waals surface area contributed by atoms with Crippen LogP contribution in [-0.2, 0) is 12.8 Å². The van der Waals surface area contributed by atoms with Crippen molar-refractivity contribution in [2.45, 2.75) is 25.7 Å². The van der Waals surface area contributed by atoms with Crippen molar-refractivity contribution in [1.29, 1.82) is 0 Å². The van der Waals surface area contributed by atoms with Crippen LogP contribution >= 0.6 is 0 Å². The number of hydrogen-bond acceptors (Lipinski definition) is 5. The molecule has 1 fully saturated rings. The van der Waals surface area contributed by atoms with Crippen molar-refractivity contribution in [3.05, 3.63) is 11.3 Å². The number of aromatic nitrogens is 2. The molecule has 0 radical (unpaired) electrons. The summed E-state index contributed by atoms with van der Waals surface area (Å²) in [5.41, 5.74) is 2.55. The van der Waals surface area contributed by atoms with Gasteiger partial charge in [0.1, 0.15) is 5.82 Å². The van der Waals surface area contributed by atoms with Crippen LogP contribution in [0, 0.1) is 5.92 Å². The number of rotatable bonds is 4. The predicted octanol–water partition coefficient (Wildman–Crippen LogP) is 1.08. The molecule has 110 valence electrons. The molecule has 2 aliphatic rings. The Hall–Kier alpha value is -1.36. The van der Waals surface area contributed by atoms with Crippen LogP contribution < -0.4 is 15.1 Å². The minimum absolute atomic E-state index is 0.854. The smallest absolute Gasteiger partial charge is 0.227 e. The second-order valence-electron chi connectivity index (χ2n) is 6.24. The fourth-order valence-electron chi connectivity index (χ4n) is 2.82. The molecule has 0 unspecified atom stereocenters. The molecule has 0 atom stereocenters. The molecule has 0 aromatic carbocycles. The maximum Gasteiger partial charge on any atom is 0.227 e. The van der Waals surface area contributed by atoms with Gasteiger partial charge in [-0.05, 0) is 31.7 Å². The zero-order valence-electron chi connectivity index (χ0n) is 12.8. The third-order valence-electron chi connectivity index (χ3n) is 4.14. The lowest BCUT2D eigenvalue weighted by Crippen LogP contribution is -2.25. The van der Waals surface area contributed by atoms with Crippen molar-refractivity contribution in [2.24, 2.45) is 5.92 Å². The Bertz CT molecular complexity index is 481. The van der Waals surface area contributed by atoms with Crippen LogP contribution in [0.4, 0.5) is 11.8 Å². The van der Waals surface area contributed by atoms with E-state index >= 15 is 0 Å². The summed E-state index contributed by atoms with van der Waals surface area (Å²) in [5, 5.41) is 3.45. The predicted molar refractivity (Wildman–Crippen MR) is 82.6 cm³/mol. The number of nitrogens with one attached hydrogen (secondary N) is 1. The zero-order chi connectivity index (χ0) is 14.1. The molecule has 1 aliphatic heterocycles. The van der Waals surface area contributed by atoms with Gasteiger partial charge in [-0.15, -0.1) is 0 Å². The number of anilines is 2. The summed E-state index contributed by atoms with van der Waals surface area (Å²) in [6.07, 6.45) is 4.75. The van der Waals surface area contributed by atoms with Crippen molar-refractivity contribution in [1.82, 2.24) is 15.3 Å². The third kappa shape index (κ3) is 2.87. The Morgan fingerprint density at radius 3 is 2.55 bits per heavy atom. The summed E-state index contributed by atoms with van der Waals surface area (Å²) in [4.78, 5) is 14.0. The van der Waals surface area contributed by atoms with Gasteiger partial charge < -0.3 is 15.1 Å². The van der Waals surface area contributed by atoms with Crippen molar-refractivity contribution < 1.29 is 0 Å². The lowest BCUT2D eigenvalue weighted by Gasteiger charge is -2.23. The van der Waals surface area contributed by atoms with Crippen molar-refractivity contribution in [3.8, 4) is 0 Å². The molecule has 0 amide bonds. The van der Waals surface area contributed by atoms with E-state index < -0.39 is 0 Å². The van der Waals surface area contributed by atoms with Crippen LogP contribution in [0.3, 0.4) is 0 Å². The standard InChI is InChI=1S/C15H25N5/c1-19(2)14-12-6-8-16-9-7-13(12)17-15(18-14)20(3)10-11-4-5-11/h11,16H,4-10H2,1-3H3. The molecular weight excluding hydrogens is 250 g/mol. The van der Waals surface area contributed by atoms with Gasteiger partial charge in [-0.2, -0.15) is 4.98 Å². The van der Waals surface area contributed by atoms with E-state index in [-0.39, 0.29) is 0 Å². The van der Waals surface area contributed by atoms with Crippen molar-refractivity contribution in [3.63, 3.8) is 0 Å².